The van der Waals surface area contributed by atoms with E-state index >= 15 is 0 Å². The molecule has 2 aliphatic heterocycles. The van der Waals surface area contributed by atoms with Crippen molar-refractivity contribution < 1.29 is 13.2 Å². The first-order valence-electron chi connectivity index (χ1n) is 9.82. The molecule has 0 aromatic heterocycles. The number of hydrogen-bond acceptors (Lipinski definition) is 4. The Kier molecular flexibility index (Phi) is 5.77. The molecule has 0 amide bonds. The van der Waals surface area contributed by atoms with Crippen molar-refractivity contribution in [3.8, 4) is 0 Å². The van der Waals surface area contributed by atoms with Crippen LogP contribution in [-0.4, -0.2) is 42.9 Å². The quantitative estimate of drug-likeness (QED) is 0.785. The van der Waals surface area contributed by atoms with Crippen LogP contribution in [0.25, 0.3) is 5.70 Å². The van der Waals surface area contributed by atoms with Gasteiger partial charge in [0.25, 0.3) is 0 Å². The molecule has 5 nitrogen and oxygen atoms in total. The summed E-state index contributed by atoms with van der Waals surface area (Å²) in [6, 6.07) is 8.20. The lowest BCUT2D eigenvalue weighted by atomic mass is 9.84. The molecule has 1 fully saturated rings. The second kappa shape index (κ2) is 7.76. The van der Waals surface area contributed by atoms with E-state index in [0.717, 1.165) is 17.7 Å². The number of rotatable bonds is 5. The van der Waals surface area contributed by atoms with Gasteiger partial charge in [-0.1, -0.05) is 31.2 Å². The van der Waals surface area contributed by atoms with Crippen molar-refractivity contribution in [2.24, 2.45) is 5.92 Å². The predicted molar refractivity (Wildman–Crippen MR) is 109 cm³/mol. The number of fused-ring (bicyclic) bond motifs is 1. The van der Waals surface area contributed by atoms with Crippen LogP contribution in [0.2, 0.25) is 0 Å². The van der Waals surface area contributed by atoms with Gasteiger partial charge in [-0.15, -0.1) is 0 Å². The first kappa shape index (κ1) is 20.1. The molecule has 0 atom stereocenters. The standard InChI is InChI=1S/C21H30N2O3S/c1-4-13-27(25,26)23-11-9-16(10-12-23)20(24)14-19-18-8-6-5-7-17(18)15-21(2,3)22-19/h5-8,14,16,22H,4,9-13,15H2,1-3H3/b19-14-. The van der Waals surface area contributed by atoms with E-state index in [1.54, 1.807) is 10.4 Å². The molecular formula is C21H30N2O3S. The molecule has 0 bridgehead atoms. The molecule has 6 heteroatoms. The predicted octanol–water partition coefficient (Wildman–Crippen LogP) is 2.97. The summed E-state index contributed by atoms with van der Waals surface area (Å²) in [6.45, 7) is 7.03. The second-order valence-corrected chi connectivity index (χ2v) is 10.4. The third-order valence-electron chi connectivity index (χ3n) is 5.41. The van der Waals surface area contributed by atoms with Crippen LogP contribution in [0.5, 0.6) is 0 Å². The minimum atomic E-state index is -3.17. The van der Waals surface area contributed by atoms with Gasteiger partial charge in [0, 0.05) is 41.9 Å². The number of sulfonamides is 1. The number of allylic oxidation sites excluding steroid dienone is 1. The van der Waals surface area contributed by atoms with Crippen molar-refractivity contribution in [2.45, 2.75) is 52.0 Å². The molecule has 1 aromatic rings. The van der Waals surface area contributed by atoms with Crippen LogP contribution in [0.15, 0.2) is 30.3 Å². The van der Waals surface area contributed by atoms with Gasteiger partial charge in [-0.2, -0.15) is 0 Å². The number of benzene rings is 1. The number of nitrogens with one attached hydrogen (secondary N) is 1. The zero-order valence-electron chi connectivity index (χ0n) is 16.5. The summed E-state index contributed by atoms with van der Waals surface area (Å²) in [5, 5.41) is 3.50. The average Bonchev–Trinajstić information content (AvgIpc) is 2.61. The molecule has 148 valence electrons. The zero-order chi connectivity index (χ0) is 19.7. The van der Waals surface area contributed by atoms with E-state index in [1.807, 2.05) is 19.1 Å². The van der Waals surface area contributed by atoms with Crippen molar-refractivity contribution in [2.75, 3.05) is 18.8 Å². The van der Waals surface area contributed by atoms with E-state index in [0.29, 0.717) is 32.4 Å². The van der Waals surface area contributed by atoms with Gasteiger partial charge < -0.3 is 5.32 Å². The Balaban J connectivity index is 1.73. The van der Waals surface area contributed by atoms with E-state index in [4.69, 9.17) is 0 Å². The van der Waals surface area contributed by atoms with Crippen LogP contribution in [0.4, 0.5) is 0 Å². The highest BCUT2D eigenvalue weighted by atomic mass is 32.2. The zero-order valence-corrected chi connectivity index (χ0v) is 17.3. The Morgan fingerprint density at radius 3 is 2.59 bits per heavy atom. The minimum Gasteiger partial charge on any atom is -0.379 e. The van der Waals surface area contributed by atoms with Crippen molar-refractivity contribution in [1.82, 2.24) is 9.62 Å². The van der Waals surface area contributed by atoms with Gasteiger partial charge in [0.2, 0.25) is 10.0 Å². The lowest BCUT2D eigenvalue weighted by molar-refractivity contribution is -0.119. The molecule has 0 unspecified atom stereocenters. The topological polar surface area (TPSA) is 66.5 Å². The molecule has 2 heterocycles. The van der Waals surface area contributed by atoms with Crippen LogP contribution in [0.3, 0.4) is 0 Å². The van der Waals surface area contributed by atoms with Crippen LogP contribution in [0, 0.1) is 5.92 Å². The molecule has 1 saturated heterocycles. The smallest absolute Gasteiger partial charge is 0.214 e. The lowest BCUT2D eigenvalue weighted by Crippen LogP contribution is -2.44. The summed E-state index contributed by atoms with van der Waals surface area (Å²) in [5.74, 6) is 0.174. The second-order valence-electron chi connectivity index (χ2n) is 8.29. The number of ketones is 1. The lowest BCUT2D eigenvalue weighted by Gasteiger charge is -2.36. The third kappa shape index (κ3) is 4.61. The van der Waals surface area contributed by atoms with Gasteiger partial charge in [-0.05, 0) is 45.1 Å². The molecule has 0 saturated carbocycles. The van der Waals surface area contributed by atoms with E-state index in [2.05, 4.69) is 31.3 Å². The number of carbonyl (C=O) groups excluding carboxylic acids is 1. The van der Waals surface area contributed by atoms with Gasteiger partial charge in [-0.25, -0.2) is 12.7 Å². The summed E-state index contributed by atoms with van der Waals surface area (Å²) in [5.41, 5.74) is 3.12. The molecule has 3 rings (SSSR count). The van der Waals surface area contributed by atoms with Gasteiger partial charge in [0.1, 0.15) is 0 Å². The molecular weight excluding hydrogens is 360 g/mol. The first-order chi connectivity index (χ1) is 12.7. The number of hydrogen-bond donors (Lipinski definition) is 1. The van der Waals surface area contributed by atoms with Crippen LogP contribution in [-0.2, 0) is 21.2 Å². The normalized spacial score (nSPS) is 22.3. The summed E-state index contributed by atoms with van der Waals surface area (Å²) in [4.78, 5) is 12.9. The maximum absolute atomic E-state index is 12.9. The van der Waals surface area contributed by atoms with Crippen molar-refractivity contribution in [3.05, 3.63) is 41.5 Å². The van der Waals surface area contributed by atoms with Gasteiger partial charge in [-0.3, -0.25) is 4.79 Å². The Hall–Kier alpha value is -1.66. The summed E-state index contributed by atoms with van der Waals surface area (Å²) in [6.07, 6.45) is 4.46. The Bertz CT molecular complexity index is 835. The van der Waals surface area contributed by atoms with Crippen molar-refractivity contribution >= 4 is 21.5 Å². The van der Waals surface area contributed by atoms with E-state index in [1.165, 1.54) is 5.56 Å². The van der Waals surface area contributed by atoms with Crippen LogP contribution < -0.4 is 5.32 Å². The SMILES string of the molecule is CCCS(=O)(=O)N1CCC(C(=O)/C=C2\NC(C)(C)Cc3ccccc32)CC1. The molecule has 2 aliphatic rings. The molecule has 0 radical (unpaired) electrons. The molecule has 27 heavy (non-hydrogen) atoms. The Morgan fingerprint density at radius 2 is 1.93 bits per heavy atom. The Labute approximate surface area is 162 Å². The monoisotopic (exact) mass is 390 g/mol. The third-order valence-corrected chi connectivity index (χ3v) is 7.49. The van der Waals surface area contributed by atoms with E-state index < -0.39 is 10.0 Å². The fourth-order valence-corrected chi connectivity index (χ4v) is 5.61. The van der Waals surface area contributed by atoms with Gasteiger partial charge in [0.15, 0.2) is 5.78 Å². The van der Waals surface area contributed by atoms with Crippen molar-refractivity contribution in [3.63, 3.8) is 0 Å². The highest BCUT2D eigenvalue weighted by Crippen LogP contribution is 2.30. The molecule has 1 N–H and O–H groups in total. The van der Waals surface area contributed by atoms with Crippen molar-refractivity contribution in [1.29, 1.82) is 0 Å². The largest absolute Gasteiger partial charge is 0.379 e. The van der Waals surface area contributed by atoms with Crippen LogP contribution in [0.1, 0.15) is 51.2 Å². The average molecular weight is 391 g/mol. The maximum Gasteiger partial charge on any atom is 0.214 e. The van der Waals surface area contributed by atoms with Gasteiger partial charge in [0.05, 0.1) is 5.75 Å². The minimum absolute atomic E-state index is 0.0949. The fourth-order valence-electron chi connectivity index (χ4n) is 4.07. The maximum atomic E-state index is 12.9. The molecule has 0 aliphatic carbocycles. The Morgan fingerprint density at radius 1 is 1.26 bits per heavy atom. The highest BCUT2D eigenvalue weighted by molar-refractivity contribution is 7.89. The summed E-state index contributed by atoms with van der Waals surface area (Å²) >= 11 is 0. The summed E-state index contributed by atoms with van der Waals surface area (Å²) < 4.78 is 26.0. The van der Waals surface area contributed by atoms with Crippen LogP contribution >= 0.6 is 0 Å². The summed E-state index contributed by atoms with van der Waals surface area (Å²) in [7, 11) is -3.17. The number of piperidine rings is 1. The number of carbonyl (C=O) groups is 1. The highest BCUT2D eigenvalue weighted by Gasteiger charge is 2.32. The number of nitrogens with zero attached hydrogens (tertiary/aromatic N) is 1. The fraction of sp³-hybridized carbons (Fsp3) is 0.571. The first-order valence-corrected chi connectivity index (χ1v) is 11.4. The molecule has 0 spiro atoms. The molecule has 1 aromatic carbocycles. The van der Waals surface area contributed by atoms with Gasteiger partial charge >= 0.3 is 0 Å². The van der Waals surface area contributed by atoms with E-state index in [9.17, 15) is 13.2 Å². The van der Waals surface area contributed by atoms with E-state index in [-0.39, 0.29) is 23.0 Å².